The molecule has 1 heterocycles. The Kier molecular flexibility index (Phi) is 2.92. The number of rotatable bonds is 1. The number of nitrogens with zero attached hydrogens (tertiary/aromatic N) is 1. The fraction of sp³-hybridized carbons (Fsp3) is 0.375. The summed E-state index contributed by atoms with van der Waals surface area (Å²) in [6, 6.07) is 0. The molecule has 0 atom stereocenters. The van der Waals surface area contributed by atoms with Crippen LogP contribution in [0.15, 0.2) is 6.20 Å². The van der Waals surface area contributed by atoms with Crippen molar-refractivity contribution < 1.29 is 26.3 Å². The average molecular weight is 229 g/mol. The van der Waals surface area contributed by atoms with Gasteiger partial charge in [0.05, 0.1) is 11.8 Å². The van der Waals surface area contributed by atoms with Gasteiger partial charge in [0.15, 0.2) is 0 Å². The predicted octanol–water partition coefficient (Wildman–Crippen LogP) is 3.49. The SMILES string of the molecule is Cc1c(F)cnc(C(F)F)c1C(F)(F)F. The van der Waals surface area contributed by atoms with Gasteiger partial charge >= 0.3 is 6.18 Å². The standard InChI is InChI=1S/C8H5F6N/c1-3-4(9)2-15-6(7(10)11)5(3)8(12,13)14/h2,7H,1H3. The molecule has 1 aromatic rings. The monoisotopic (exact) mass is 229 g/mol. The lowest BCUT2D eigenvalue weighted by Gasteiger charge is -2.14. The maximum Gasteiger partial charge on any atom is 0.418 e. The second-order valence-corrected chi connectivity index (χ2v) is 2.79. The molecule has 0 aliphatic carbocycles. The Bertz CT molecular complexity index is 370. The number of aromatic nitrogens is 1. The van der Waals surface area contributed by atoms with Crippen molar-refractivity contribution in [2.24, 2.45) is 0 Å². The van der Waals surface area contributed by atoms with Crippen LogP contribution in [-0.4, -0.2) is 4.98 Å². The van der Waals surface area contributed by atoms with E-state index in [1.807, 2.05) is 0 Å². The summed E-state index contributed by atoms with van der Waals surface area (Å²) in [4.78, 5) is 2.76. The summed E-state index contributed by atoms with van der Waals surface area (Å²) in [5.41, 5.74) is -4.01. The second-order valence-electron chi connectivity index (χ2n) is 2.79. The molecular weight excluding hydrogens is 224 g/mol. The van der Waals surface area contributed by atoms with Gasteiger partial charge in [0.2, 0.25) is 0 Å². The number of hydrogen-bond acceptors (Lipinski definition) is 1. The molecule has 0 aliphatic heterocycles. The van der Waals surface area contributed by atoms with Gasteiger partial charge in [-0.25, -0.2) is 13.2 Å². The van der Waals surface area contributed by atoms with E-state index in [1.54, 1.807) is 0 Å². The highest BCUT2D eigenvalue weighted by Gasteiger charge is 2.39. The molecule has 0 aliphatic rings. The van der Waals surface area contributed by atoms with Crippen molar-refractivity contribution in [1.82, 2.24) is 4.98 Å². The van der Waals surface area contributed by atoms with Gasteiger partial charge in [-0.1, -0.05) is 0 Å². The average Bonchev–Trinajstić information content (AvgIpc) is 2.06. The van der Waals surface area contributed by atoms with Gasteiger partial charge < -0.3 is 0 Å². The van der Waals surface area contributed by atoms with Crippen LogP contribution in [0, 0.1) is 12.7 Å². The summed E-state index contributed by atoms with van der Waals surface area (Å²) in [5, 5.41) is 0. The van der Waals surface area contributed by atoms with Gasteiger partial charge in [-0.3, -0.25) is 4.98 Å². The Morgan fingerprint density at radius 1 is 1.27 bits per heavy atom. The largest absolute Gasteiger partial charge is 0.418 e. The fourth-order valence-electron chi connectivity index (χ4n) is 1.12. The third-order valence-corrected chi connectivity index (χ3v) is 1.80. The molecule has 1 nitrogen and oxygen atoms in total. The first-order chi connectivity index (χ1) is 6.75. The lowest BCUT2D eigenvalue weighted by atomic mass is 10.1. The summed E-state index contributed by atoms with van der Waals surface area (Å²) in [7, 11) is 0. The lowest BCUT2D eigenvalue weighted by Crippen LogP contribution is -2.14. The molecular formula is C8H5F6N. The lowest BCUT2D eigenvalue weighted by molar-refractivity contribution is -0.140. The summed E-state index contributed by atoms with van der Waals surface area (Å²) in [5.74, 6) is -1.26. The van der Waals surface area contributed by atoms with E-state index in [0.717, 1.165) is 6.92 Å². The van der Waals surface area contributed by atoms with Crippen LogP contribution in [0.2, 0.25) is 0 Å². The van der Waals surface area contributed by atoms with Crippen molar-refractivity contribution in [3.8, 4) is 0 Å². The summed E-state index contributed by atoms with van der Waals surface area (Å²) in [6.45, 7) is 0.783. The predicted molar refractivity (Wildman–Crippen MR) is 38.9 cm³/mol. The van der Waals surface area contributed by atoms with E-state index in [4.69, 9.17) is 0 Å². The number of pyridine rings is 1. The zero-order chi connectivity index (χ0) is 11.8. The minimum Gasteiger partial charge on any atom is -0.252 e. The van der Waals surface area contributed by atoms with E-state index in [2.05, 4.69) is 4.98 Å². The Morgan fingerprint density at radius 3 is 2.20 bits per heavy atom. The van der Waals surface area contributed by atoms with Crippen LogP contribution < -0.4 is 0 Å². The van der Waals surface area contributed by atoms with Crippen molar-refractivity contribution >= 4 is 0 Å². The Labute approximate surface area is 80.7 Å². The van der Waals surface area contributed by atoms with Crippen molar-refractivity contribution in [2.45, 2.75) is 19.5 Å². The van der Waals surface area contributed by atoms with Gasteiger partial charge in [0.1, 0.15) is 11.5 Å². The molecule has 7 heteroatoms. The topological polar surface area (TPSA) is 12.9 Å². The highest BCUT2D eigenvalue weighted by atomic mass is 19.4. The van der Waals surface area contributed by atoms with E-state index >= 15 is 0 Å². The second kappa shape index (κ2) is 3.71. The zero-order valence-electron chi connectivity index (χ0n) is 7.37. The molecule has 0 bridgehead atoms. The first kappa shape index (κ1) is 11.8. The van der Waals surface area contributed by atoms with Gasteiger partial charge in [0.25, 0.3) is 6.43 Å². The van der Waals surface area contributed by atoms with Crippen LogP contribution in [0.4, 0.5) is 26.3 Å². The van der Waals surface area contributed by atoms with Crippen LogP contribution in [0.5, 0.6) is 0 Å². The molecule has 1 aromatic heterocycles. The maximum absolute atomic E-state index is 12.7. The number of halogens is 6. The van der Waals surface area contributed by atoms with E-state index in [-0.39, 0.29) is 0 Å². The molecule has 15 heavy (non-hydrogen) atoms. The molecule has 0 aromatic carbocycles. The van der Waals surface area contributed by atoms with Crippen LogP contribution in [0.25, 0.3) is 0 Å². The Hall–Kier alpha value is -1.27. The Balaban J connectivity index is 3.49. The first-order valence-corrected chi connectivity index (χ1v) is 3.75. The van der Waals surface area contributed by atoms with E-state index in [9.17, 15) is 26.3 Å². The number of alkyl halides is 5. The molecule has 0 saturated carbocycles. The highest BCUT2D eigenvalue weighted by Crippen LogP contribution is 2.37. The van der Waals surface area contributed by atoms with Gasteiger partial charge in [-0.15, -0.1) is 0 Å². The normalized spacial score (nSPS) is 12.3. The molecule has 0 amide bonds. The first-order valence-electron chi connectivity index (χ1n) is 3.75. The van der Waals surface area contributed by atoms with Crippen molar-refractivity contribution in [3.05, 3.63) is 28.8 Å². The van der Waals surface area contributed by atoms with E-state index < -0.39 is 35.2 Å². The Morgan fingerprint density at radius 2 is 1.80 bits per heavy atom. The van der Waals surface area contributed by atoms with Crippen LogP contribution in [0.1, 0.15) is 23.2 Å². The third kappa shape index (κ3) is 2.21. The third-order valence-electron chi connectivity index (χ3n) is 1.80. The summed E-state index contributed by atoms with van der Waals surface area (Å²) < 4.78 is 74.0. The van der Waals surface area contributed by atoms with E-state index in [0.29, 0.717) is 6.20 Å². The van der Waals surface area contributed by atoms with Crippen LogP contribution in [0.3, 0.4) is 0 Å². The number of hydrogen-bond donors (Lipinski definition) is 0. The quantitative estimate of drug-likeness (QED) is 0.671. The molecule has 0 radical (unpaired) electrons. The maximum atomic E-state index is 12.7. The van der Waals surface area contributed by atoms with Gasteiger partial charge in [0, 0.05) is 5.56 Å². The highest BCUT2D eigenvalue weighted by molar-refractivity contribution is 5.33. The minimum atomic E-state index is -5.04. The summed E-state index contributed by atoms with van der Waals surface area (Å²) >= 11 is 0. The minimum absolute atomic E-state index is 0.353. The molecule has 0 unspecified atom stereocenters. The fourth-order valence-corrected chi connectivity index (χ4v) is 1.12. The molecule has 0 saturated heterocycles. The molecule has 0 fully saturated rings. The van der Waals surface area contributed by atoms with Crippen LogP contribution in [-0.2, 0) is 6.18 Å². The zero-order valence-corrected chi connectivity index (χ0v) is 7.37. The van der Waals surface area contributed by atoms with Crippen molar-refractivity contribution in [1.29, 1.82) is 0 Å². The molecule has 1 rings (SSSR count). The van der Waals surface area contributed by atoms with Gasteiger partial charge in [-0.05, 0) is 6.92 Å². The summed E-state index contributed by atoms with van der Waals surface area (Å²) in [6.07, 6.45) is -8.07. The van der Waals surface area contributed by atoms with Crippen LogP contribution >= 0.6 is 0 Å². The molecule has 0 N–H and O–H groups in total. The van der Waals surface area contributed by atoms with Crippen molar-refractivity contribution in [2.75, 3.05) is 0 Å². The van der Waals surface area contributed by atoms with Crippen molar-refractivity contribution in [3.63, 3.8) is 0 Å². The van der Waals surface area contributed by atoms with E-state index in [1.165, 1.54) is 0 Å². The van der Waals surface area contributed by atoms with Gasteiger partial charge in [-0.2, -0.15) is 13.2 Å². The smallest absolute Gasteiger partial charge is 0.252 e. The molecule has 84 valence electrons. The molecule has 0 spiro atoms.